The molecule has 0 aliphatic carbocycles. The molecule has 0 radical (unpaired) electrons. The van der Waals surface area contributed by atoms with Gasteiger partial charge in [0.05, 0.1) is 34.9 Å². The number of hydrogen-bond acceptors (Lipinski definition) is 4. The SMILES string of the molecule is O=[N+]([O-])c1ccc(SSc2c(Cl)c(Cl)c(Cl)c(Cl)c2Cl)cc1. The lowest BCUT2D eigenvalue weighted by atomic mass is 10.3. The van der Waals surface area contributed by atoms with E-state index in [9.17, 15) is 10.1 Å². The van der Waals surface area contributed by atoms with Gasteiger partial charge in [-0.15, -0.1) is 0 Å². The maximum Gasteiger partial charge on any atom is 0.269 e. The van der Waals surface area contributed by atoms with E-state index in [0.29, 0.717) is 4.90 Å². The lowest BCUT2D eigenvalue weighted by Gasteiger charge is -2.11. The van der Waals surface area contributed by atoms with E-state index in [2.05, 4.69) is 0 Å². The summed E-state index contributed by atoms with van der Waals surface area (Å²) in [5, 5.41) is 11.4. The minimum atomic E-state index is -0.464. The van der Waals surface area contributed by atoms with Gasteiger partial charge in [-0.1, -0.05) is 68.8 Å². The molecule has 2 rings (SSSR count). The van der Waals surface area contributed by atoms with E-state index >= 15 is 0 Å². The zero-order chi connectivity index (χ0) is 16.4. The average molecular weight is 436 g/mol. The van der Waals surface area contributed by atoms with Crippen LogP contribution < -0.4 is 0 Å². The highest BCUT2D eigenvalue weighted by molar-refractivity contribution is 8.76. The Labute approximate surface area is 158 Å². The van der Waals surface area contributed by atoms with Gasteiger partial charge in [0.15, 0.2) is 0 Å². The summed E-state index contributed by atoms with van der Waals surface area (Å²) in [7, 11) is 2.54. The molecule has 0 fully saturated rings. The fraction of sp³-hybridized carbons (Fsp3) is 0. The molecule has 116 valence electrons. The molecule has 22 heavy (non-hydrogen) atoms. The molecule has 0 aliphatic rings. The molecule has 0 heterocycles. The Balaban J connectivity index is 2.23. The molecule has 0 saturated carbocycles. The van der Waals surface area contributed by atoms with Crippen LogP contribution in [0.3, 0.4) is 0 Å². The number of halogens is 5. The van der Waals surface area contributed by atoms with Crippen LogP contribution in [0.5, 0.6) is 0 Å². The predicted octanol–water partition coefficient (Wildman–Crippen LogP) is 7.66. The molecule has 0 bridgehead atoms. The summed E-state index contributed by atoms with van der Waals surface area (Å²) in [6.45, 7) is 0. The normalized spacial score (nSPS) is 10.8. The zero-order valence-corrected chi connectivity index (χ0v) is 15.7. The third-order valence-electron chi connectivity index (χ3n) is 2.44. The third-order valence-corrected chi connectivity index (χ3v) is 7.39. The quantitative estimate of drug-likeness (QED) is 0.163. The minimum absolute atomic E-state index is 0.0167. The number of hydrogen-bond donors (Lipinski definition) is 0. The summed E-state index contributed by atoms with van der Waals surface area (Å²) in [6.07, 6.45) is 0. The predicted molar refractivity (Wildman–Crippen MR) is 96.3 cm³/mol. The molecule has 2 aromatic carbocycles. The standard InChI is InChI=1S/C12H4Cl5NO2S2/c13-7-8(14)10(16)12(11(17)9(7)15)22-21-6-3-1-5(2-4-6)18(19)20/h1-4H. The number of nitro groups is 1. The summed E-state index contributed by atoms with van der Waals surface area (Å²) in [4.78, 5) is 11.4. The van der Waals surface area contributed by atoms with Crippen molar-refractivity contribution in [2.75, 3.05) is 0 Å². The van der Waals surface area contributed by atoms with E-state index in [4.69, 9.17) is 58.0 Å². The van der Waals surface area contributed by atoms with Crippen LogP contribution in [0.2, 0.25) is 25.1 Å². The van der Waals surface area contributed by atoms with Crippen LogP contribution in [-0.4, -0.2) is 4.92 Å². The van der Waals surface area contributed by atoms with Crippen LogP contribution in [-0.2, 0) is 0 Å². The van der Waals surface area contributed by atoms with Crippen LogP contribution in [0.25, 0.3) is 0 Å². The maximum absolute atomic E-state index is 10.6. The molecule has 2 aromatic rings. The Morgan fingerprint density at radius 3 is 1.68 bits per heavy atom. The highest BCUT2D eigenvalue weighted by Gasteiger charge is 2.20. The van der Waals surface area contributed by atoms with Crippen molar-refractivity contribution in [2.24, 2.45) is 0 Å². The van der Waals surface area contributed by atoms with Gasteiger partial charge in [-0.25, -0.2) is 0 Å². The number of non-ortho nitro benzene ring substituents is 1. The summed E-state index contributed by atoms with van der Waals surface area (Å²) in [5.41, 5.74) is 0.0167. The topological polar surface area (TPSA) is 43.1 Å². The first-order chi connectivity index (χ1) is 10.3. The zero-order valence-electron chi connectivity index (χ0n) is 10.3. The second kappa shape index (κ2) is 7.71. The van der Waals surface area contributed by atoms with Crippen molar-refractivity contribution in [1.82, 2.24) is 0 Å². The summed E-state index contributed by atoms with van der Waals surface area (Å²) in [6, 6.07) is 6.06. The molecule has 0 unspecified atom stereocenters. The monoisotopic (exact) mass is 433 g/mol. The number of benzene rings is 2. The summed E-state index contributed by atoms with van der Waals surface area (Å²) >= 11 is 30.1. The first-order valence-corrected chi connectivity index (χ1v) is 9.47. The molecule has 3 nitrogen and oxygen atoms in total. The van der Waals surface area contributed by atoms with Gasteiger partial charge < -0.3 is 0 Å². The van der Waals surface area contributed by atoms with Crippen LogP contribution in [0.15, 0.2) is 34.1 Å². The van der Waals surface area contributed by atoms with E-state index in [1.165, 1.54) is 33.7 Å². The van der Waals surface area contributed by atoms with Crippen LogP contribution in [0.4, 0.5) is 5.69 Å². The maximum atomic E-state index is 10.6. The van der Waals surface area contributed by atoms with E-state index in [1.54, 1.807) is 12.1 Å². The molecule has 0 aromatic heterocycles. The van der Waals surface area contributed by atoms with Crippen molar-refractivity contribution in [2.45, 2.75) is 9.79 Å². The Hall–Kier alpha value is -0.0100. The van der Waals surface area contributed by atoms with E-state index < -0.39 is 4.92 Å². The molecule has 0 amide bonds. The minimum Gasteiger partial charge on any atom is -0.258 e. The second-order valence-electron chi connectivity index (χ2n) is 3.82. The Morgan fingerprint density at radius 1 is 0.773 bits per heavy atom. The van der Waals surface area contributed by atoms with Crippen LogP contribution >= 0.6 is 79.6 Å². The van der Waals surface area contributed by atoms with Gasteiger partial charge in [0.1, 0.15) is 0 Å². The lowest BCUT2D eigenvalue weighted by molar-refractivity contribution is -0.384. The summed E-state index contributed by atoms with van der Waals surface area (Å²) < 4.78 is 0. The van der Waals surface area contributed by atoms with Crippen molar-refractivity contribution in [3.05, 3.63) is 59.5 Å². The van der Waals surface area contributed by atoms with E-state index in [0.717, 1.165) is 4.90 Å². The smallest absolute Gasteiger partial charge is 0.258 e. The fourth-order valence-corrected chi connectivity index (χ4v) is 5.28. The molecule has 0 spiro atoms. The first kappa shape index (κ1) is 18.3. The Morgan fingerprint density at radius 2 is 1.23 bits per heavy atom. The van der Waals surface area contributed by atoms with Gasteiger partial charge in [0.2, 0.25) is 0 Å². The number of nitrogens with zero attached hydrogens (tertiary/aromatic N) is 1. The number of rotatable bonds is 4. The van der Waals surface area contributed by atoms with Gasteiger partial charge >= 0.3 is 0 Å². The molecule has 0 N–H and O–H groups in total. The molecular formula is C12H4Cl5NO2S2. The molecule has 0 aliphatic heterocycles. The second-order valence-corrected chi connectivity index (χ2v) is 7.92. The highest BCUT2D eigenvalue weighted by atomic mass is 35.5. The van der Waals surface area contributed by atoms with Crippen LogP contribution in [0.1, 0.15) is 0 Å². The highest BCUT2D eigenvalue weighted by Crippen LogP contribution is 2.51. The van der Waals surface area contributed by atoms with E-state index in [1.807, 2.05) is 0 Å². The van der Waals surface area contributed by atoms with Crippen molar-refractivity contribution >= 4 is 85.3 Å². The molecule has 10 heteroatoms. The van der Waals surface area contributed by atoms with Crippen molar-refractivity contribution in [3.63, 3.8) is 0 Å². The Kier molecular flexibility index (Phi) is 6.42. The van der Waals surface area contributed by atoms with Crippen LogP contribution in [0, 0.1) is 10.1 Å². The average Bonchev–Trinajstić information content (AvgIpc) is 2.51. The van der Waals surface area contributed by atoms with Crippen molar-refractivity contribution < 1.29 is 4.92 Å². The molecule has 0 atom stereocenters. The van der Waals surface area contributed by atoms with Gasteiger partial charge in [-0.05, 0) is 22.9 Å². The van der Waals surface area contributed by atoms with Gasteiger partial charge in [0, 0.05) is 17.0 Å². The van der Waals surface area contributed by atoms with Crippen molar-refractivity contribution in [3.8, 4) is 0 Å². The Bertz CT molecular complexity index is 710. The van der Waals surface area contributed by atoms with Gasteiger partial charge in [-0.2, -0.15) is 0 Å². The molecule has 0 saturated heterocycles. The van der Waals surface area contributed by atoms with E-state index in [-0.39, 0.29) is 30.8 Å². The molecular weight excluding hydrogens is 432 g/mol. The van der Waals surface area contributed by atoms with Crippen molar-refractivity contribution in [1.29, 1.82) is 0 Å². The largest absolute Gasteiger partial charge is 0.269 e. The summed E-state index contributed by atoms with van der Waals surface area (Å²) in [5.74, 6) is 0. The lowest BCUT2D eigenvalue weighted by Crippen LogP contribution is -1.86. The van der Waals surface area contributed by atoms with Gasteiger partial charge in [-0.3, -0.25) is 10.1 Å². The first-order valence-electron chi connectivity index (χ1n) is 5.43. The third kappa shape index (κ3) is 3.90. The fourth-order valence-electron chi connectivity index (χ4n) is 1.37. The van der Waals surface area contributed by atoms with Gasteiger partial charge in [0.25, 0.3) is 5.69 Å². The number of nitro benzene ring substituents is 1.